The summed E-state index contributed by atoms with van der Waals surface area (Å²) >= 11 is 0. The lowest BCUT2D eigenvalue weighted by Crippen LogP contribution is -2.51. The summed E-state index contributed by atoms with van der Waals surface area (Å²) < 4.78 is 27.2. The largest absolute Gasteiger partial charge is 0.444 e. The number of ether oxygens (including phenoxy) is 1. The van der Waals surface area contributed by atoms with Gasteiger partial charge in [0.05, 0.1) is 11.4 Å². The second kappa shape index (κ2) is 5.26. The molecule has 1 amide bonds. The third kappa shape index (κ3) is 5.75. The lowest BCUT2D eigenvalue weighted by atomic mass is 9.94. The van der Waals surface area contributed by atoms with E-state index in [-0.39, 0.29) is 25.9 Å². The Bertz CT molecular complexity index is 432. The van der Waals surface area contributed by atoms with Crippen molar-refractivity contribution in [2.24, 2.45) is 5.14 Å². The number of carbonyl (C=O) groups excluding carboxylic acids is 1. The third-order valence-electron chi connectivity index (χ3n) is 2.82. The first-order valence-electron chi connectivity index (χ1n) is 6.11. The molecule has 8 heteroatoms. The number of rotatable bonds is 2. The molecule has 112 valence electrons. The molecule has 1 saturated heterocycles. The number of likely N-dealkylation sites (tertiary alicyclic amines) is 1. The van der Waals surface area contributed by atoms with Crippen LogP contribution in [0.2, 0.25) is 0 Å². The third-order valence-corrected chi connectivity index (χ3v) is 3.76. The van der Waals surface area contributed by atoms with E-state index in [4.69, 9.17) is 9.88 Å². The average molecular weight is 294 g/mol. The van der Waals surface area contributed by atoms with Crippen LogP contribution >= 0.6 is 0 Å². The summed E-state index contributed by atoms with van der Waals surface area (Å²) in [6, 6.07) is 0. The van der Waals surface area contributed by atoms with Crippen molar-refractivity contribution in [3.63, 3.8) is 0 Å². The quantitative estimate of drug-likeness (QED) is 0.747. The highest BCUT2D eigenvalue weighted by atomic mass is 32.2. The van der Waals surface area contributed by atoms with E-state index in [0.29, 0.717) is 0 Å². The number of primary sulfonamides is 1. The highest BCUT2D eigenvalue weighted by Gasteiger charge is 2.37. The smallest absolute Gasteiger partial charge is 0.410 e. The van der Waals surface area contributed by atoms with E-state index in [9.17, 15) is 18.3 Å². The van der Waals surface area contributed by atoms with Crippen LogP contribution in [0, 0.1) is 0 Å². The maximum absolute atomic E-state index is 11.8. The number of amides is 1. The first-order valence-corrected chi connectivity index (χ1v) is 7.83. The zero-order chi connectivity index (χ0) is 14.9. The van der Waals surface area contributed by atoms with E-state index >= 15 is 0 Å². The van der Waals surface area contributed by atoms with Gasteiger partial charge in [-0.2, -0.15) is 0 Å². The maximum Gasteiger partial charge on any atom is 0.410 e. The molecule has 19 heavy (non-hydrogen) atoms. The van der Waals surface area contributed by atoms with Gasteiger partial charge in [-0.3, -0.25) is 0 Å². The van der Waals surface area contributed by atoms with Crippen molar-refractivity contribution in [2.75, 3.05) is 18.8 Å². The molecule has 1 aliphatic rings. The Kier molecular flexibility index (Phi) is 4.48. The topological polar surface area (TPSA) is 110 Å². The molecule has 0 atom stereocenters. The van der Waals surface area contributed by atoms with Crippen LogP contribution in [0.1, 0.15) is 33.6 Å². The monoisotopic (exact) mass is 294 g/mol. The van der Waals surface area contributed by atoms with Crippen molar-refractivity contribution < 1.29 is 23.1 Å². The number of hydrogen-bond acceptors (Lipinski definition) is 5. The molecule has 0 spiro atoms. The lowest BCUT2D eigenvalue weighted by molar-refractivity contribution is -0.0197. The van der Waals surface area contributed by atoms with Crippen LogP contribution in [-0.4, -0.2) is 54.6 Å². The summed E-state index contributed by atoms with van der Waals surface area (Å²) in [4.78, 5) is 13.3. The fraction of sp³-hybridized carbons (Fsp3) is 0.909. The molecule has 0 aromatic heterocycles. The Balaban J connectivity index is 2.55. The molecule has 3 N–H and O–H groups in total. The minimum absolute atomic E-state index is 0.169. The number of aliphatic hydroxyl groups is 1. The summed E-state index contributed by atoms with van der Waals surface area (Å²) in [6.45, 7) is 5.81. The Morgan fingerprint density at radius 2 is 1.84 bits per heavy atom. The second-order valence-electron chi connectivity index (χ2n) is 6.00. The van der Waals surface area contributed by atoms with Crippen LogP contribution in [0.4, 0.5) is 4.79 Å². The first-order chi connectivity index (χ1) is 8.40. The molecule has 0 bridgehead atoms. The van der Waals surface area contributed by atoms with E-state index < -0.39 is 33.1 Å². The molecule has 7 nitrogen and oxygen atoms in total. The van der Waals surface area contributed by atoms with Crippen LogP contribution < -0.4 is 5.14 Å². The van der Waals surface area contributed by atoms with E-state index in [0.717, 1.165) is 0 Å². The predicted molar refractivity (Wildman–Crippen MR) is 70.0 cm³/mol. The first kappa shape index (κ1) is 16.2. The number of sulfonamides is 1. The molecule has 0 radical (unpaired) electrons. The molecule has 0 aromatic rings. The summed E-state index contributed by atoms with van der Waals surface area (Å²) in [5.41, 5.74) is -1.93. The standard InChI is InChI=1S/C11H22N2O5S/c1-10(2,3)18-9(14)13-6-4-11(15,5-7-13)8-19(12,16)17/h15H,4-8H2,1-3H3,(H2,12,16,17). The van der Waals surface area contributed by atoms with Gasteiger partial charge in [0.2, 0.25) is 10.0 Å². The fourth-order valence-electron chi connectivity index (χ4n) is 1.95. The Hall–Kier alpha value is -0.860. The molecule has 0 saturated carbocycles. The lowest BCUT2D eigenvalue weighted by Gasteiger charge is -2.38. The van der Waals surface area contributed by atoms with Gasteiger partial charge in [-0.25, -0.2) is 18.4 Å². The normalized spacial score (nSPS) is 20.2. The van der Waals surface area contributed by atoms with Crippen molar-refractivity contribution in [2.45, 2.75) is 44.8 Å². The molecule has 0 aliphatic carbocycles. The van der Waals surface area contributed by atoms with E-state index in [1.807, 2.05) is 0 Å². The predicted octanol–water partition coefficient (Wildman–Crippen LogP) is 0.0369. The van der Waals surface area contributed by atoms with E-state index in [1.54, 1.807) is 20.8 Å². The van der Waals surface area contributed by atoms with Gasteiger partial charge in [0.15, 0.2) is 0 Å². The van der Waals surface area contributed by atoms with Crippen LogP contribution in [0.3, 0.4) is 0 Å². The van der Waals surface area contributed by atoms with Crippen molar-refractivity contribution >= 4 is 16.1 Å². The Morgan fingerprint density at radius 3 is 2.21 bits per heavy atom. The van der Waals surface area contributed by atoms with E-state index in [2.05, 4.69) is 0 Å². The molecule has 1 aliphatic heterocycles. The molecule has 1 rings (SSSR count). The minimum Gasteiger partial charge on any atom is -0.444 e. The van der Waals surface area contributed by atoms with Crippen LogP contribution in [0.25, 0.3) is 0 Å². The average Bonchev–Trinajstić information content (AvgIpc) is 2.11. The van der Waals surface area contributed by atoms with Crippen molar-refractivity contribution in [1.82, 2.24) is 4.90 Å². The van der Waals surface area contributed by atoms with Gasteiger partial charge < -0.3 is 14.7 Å². The van der Waals surface area contributed by atoms with Crippen LogP contribution in [0.5, 0.6) is 0 Å². The van der Waals surface area contributed by atoms with Crippen molar-refractivity contribution in [3.05, 3.63) is 0 Å². The minimum atomic E-state index is -3.73. The van der Waals surface area contributed by atoms with E-state index in [1.165, 1.54) is 4.90 Å². The number of nitrogens with zero attached hydrogens (tertiary/aromatic N) is 1. The number of hydrogen-bond donors (Lipinski definition) is 2. The maximum atomic E-state index is 11.8. The van der Waals surface area contributed by atoms with Gasteiger partial charge in [0, 0.05) is 13.1 Å². The molecular formula is C11H22N2O5S. The summed E-state index contributed by atoms with van der Waals surface area (Å²) in [7, 11) is -3.73. The summed E-state index contributed by atoms with van der Waals surface area (Å²) in [5.74, 6) is -0.484. The van der Waals surface area contributed by atoms with Crippen molar-refractivity contribution in [3.8, 4) is 0 Å². The molecule has 1 heterocycles. The SMILES string of the molecule is CC(C)(C)OC(=O)N1CCC(O)(CS(N)(=O)=O)CC1. The van der Waals surface area contributed by atoms with Gasteiger partial charge in [-0.1, -0.05) is 0 Å². The highest BCUT2D eigenvalue weighted by Crippen LogP contribution is 2.24. The summed E-state index contributed by atoms with van der Waals surface area (Å²) in [5, 5.41) is 15.0. The Morgan fingerprint density at radius 1 is 1.37 bits per heavy atom. The number of nitrogens with two attached hydrogens (primary N) is 1. The molecule has 1 fully saturated rings. The van der Waals surface area contributed by atoms with Crippen molar-refractivity contribution in [1.29, 1.82) is 0 Å². The zero-order valence-corrected chi connectivity index (χ0v) is 12.4. The van der Waals surface area contributed by atoms with Gasteiger partial charge in [0.1, 0.15) is 5.60 Å². The second-order valence-corrected chi connectivity index (χ2v) is 7.61. The van der Waals surface area contributed by atoms with Crippen LogP contribution in [0.15, 0.2) is 0 Å². The van der Waals surface area contributed by atoms with Crippen LogP contribution in [-0.2, 0) is 14.8 Å². The number of carbonyl (C=O) groups is 1. The highest BCUT2D eigenvalue weighted by molar-refractivity contribution is 7.89. The van der Waals surface area contributed by atoms with Gasteiger partial charge in [-0.15, -0.1) is 0 Å². The summed E-state index contributed by atoms with van der Waals surface area (Å²) in [6.07, 6.45) is -0.115. The fourth-order valence-corrected chi connectivity index (χ4v) is 2.99. The molecule has 0 unspecified atom stereocenters. The Labute approximate surface area is 113 Å². The van der Waals surface area contributed by atoms with Gasteiger partial charge in [-0.05, 0) is 33.6 Å². The molecule has 0 aromatic carbocycles. The zero-order valence-electron chi connectivity index (χ0n) is 11.5. The van der Waals surface area contributed by atoms with Gasteiger partial charge >= 0.3 is 6.09 Å². The van der Waals surface area contributed by atoms with Gasteiger partial charge in [0.25, 0.3) is 0 Å². The molecular weight excluding hydrogens is 272 g/mol. The number of piperidine rings is 1.